The predicted molar refractivity (Wildman–Crippen MR) is 90.6 cm³/mol. The summed E-state index contributed by atoms with van der Waals surface area (Å²) in [4.78, 5) is 11.8. The van der Waals surface area contributed by atoms with Crippen molar-refractivity contribution in [3.05, 3.63) is 28.7 Å². The summed E-state index contributed by atoms with van der Waals surface area (Å²) in [7, 11) is 0. The van der Waals surface area contributed by atoms with E-state index in [0.29, 0.717) is 17.0 Å². The van der Waals surface area contributed by atoms with E-state index in [-0.39, 0.29) is 17.7 Å². The van der Waals surface area contributed by atoms with Crippen molar-refractivity contribution in [2.45, 2.75) is 32.0 Å². The maximum atomic E-state index is 11.8. The van der Waals surface area contributed by atoms with Gasteiger partial charge < -0.3 is 9.73 Å². The van der Waals surface area contributed by atoms with E-state index in [1.807, 2.05) is 31.2 Å². The summed E-state index contributed by atoms with van der Waals surface area (Å²) >= 11 is 4.64. The molecular weight excluding hydrogens is 366 g/mol. The van der Waals surface area contributed by atoms with Crippen LogP contribution < -0.4 is 5.32 Å². The highest BCUT2D eigenvalue weighted by Crippen LogP contribution is 2.25. The van der Waals surface area contributed by atoms with Crippen LogP contribution in [0.3, 0.4) is 0 Å². The van der Waals surface area contributed by atoms with Gasteiger partial charge in [0.15, 0.2) is 0 Å². The third-order valence-electron chi connectivity index (χ3n) is 3.19. The molecule has 1 N–H and O–H groups in total. The van der Waals surface area contributed by atoms with Crippen molar-refractivity contribution in [1.82, 2.24) is 15.5 Å². The SMILES string of the molecule is CC(C)[C@@H](C)NC(=O)CSc1nnc(-c2cccc(Br)c2)o1. The van der Waals surface area contributed by atoms with Gasteiger partial charge in [-0.25, -0.2) is 0 Å². The number of nitrogens with zero attached hydrogens (tertiary/aromatic N) is 2. The molecule has 0 saturated heterocycles. The predicted octanol–water partition coefficient (Wildman–Crippen LogP) is 3.75. The minimum Gasteiger partial charge on any atom is -0.411 e. The van der Waals surface area contributed by atoms with Crippen molar-refractivity contribution >= 4 is 33.6 Å². The molecule has 2 aromatic rings. The first-order valence-corrected chi connectivity index (χ1v) is 8.75. The van der Waals surface area contributed by atoms with Crippen LogP contribution in [0.5, 0.6) is 0 Å². The number of rotatable bonds is 6. The number of halogens is 1. The van der Waals surface area contributed by atoms with Gasteiger partial charge in [-0.1, -0.05) is 47.6 Å². The number of benzene rings is 1. The zero-order chi connectivity index (χ0) is 16.1. The van der Waals surface area contributed by atoms with E-state index in [9.17, 15) is 4.79 Å². The van der Waals surface area contributed by atoms with Gasteiger partial charge in [0.25, 0.3) is 5.22 Å². The number of hydrogen-bond donors (Lipinski definition) is 1. The highest BCUT2D eigenvalue weighted by molar-refractivity contribution is 9.10. The Kier molecular flexibility index (Phi) is 6.02. The first-order valence-electron chi connectivity index (χ1n) is 6.97. The topological polar surface area (TPSA) is 68.0 Å². The van der Waals surface area contributed by atoms with E-state index < -0.39 is 0 Å². The van der Waals surface area contributed by atoms with Gasteiger partial charge in [0.2, 0.25) is 11.8 Å². The molecule has 0 aliphatic rings. The number of hydrogen-bond acceptors (Lipinski definition) is 5. The second kappa shape index (κ2) is 7.78. The summed E-state index contributed by atoms with van der Waals surface area (Å²) in [6, 6.07) is 7.77. The largest absolute Gasteiger partial charge is 0.411 e. The van der Waals surface area contributed by atoms with Crippen LogP contribution in [-0.4, -0.2) is 27.9 Å². The fourth-order valence-corrected chi connectivity index (χ4v) is 2.57. The number of amides is 1. The molecule has 118 valence electrons. The average Bonchev–Trinajstić information content (AvgIpc) is 2.94. The third-order valence-corrected chi connectivity index (χ3v) is 4.51. The van der Waals surface area contributed by atoms with E-state index in [1.54, 1.807) is 0 Å². The lowest BCUT2D eigenvalue weighted by atomic mass is 10.1. The van der Waals surface area contributed by atoms with Crippen LogP contribution in [0.25, 0.3) is 11.5 Å². The lowest BCUT2D eigenvalue weighted by molar-refractivity contribution is -0.119. The minimum atomic E-state index is -0.0339. The highest BCUT2D eigenvalue weighted by atomic mass is 79.9. The molecule has 22 heavy (non-hydrogen) atoms. The maximum Gasteiger partial charge on any atom is 0.277 e. The van der Waals surface area contributed by atoms with Gasteiger partial charge in [-0.2, -0.15) is 0 Å². The molecule has 1 amide bonds. The Bertz CT molecular complexity index is 645. The molecule has 1 atom stereocenters. The Labute approximate surface area is 142 Å². The summed E-state index contributed by atoms with van der Waals surface area (Å²) < 4.78 is 6.51. The summed E-state index contributed by atoms with van der Waals surface area (Å²) in [5.41, 5.74) is 0.839. The van der Waals surface area contributed by atoms with Gasteiger partial charge >= 0.3 is 0 Å². The molecule has 0 radical (unpaired) electrons. The molecule has 0 spiro atoms. The van der Waals surface area contributed by atoms with Crippen LogP contribution in [0, 0.1) is 5.92 Å². The summed E-state index contributed by atoms with van der Waals surface area (Å²) in [6.07, 6.45) is 0. The molecule has 0 saturated carbocycles. The Morgan fingerprint density at radius 3 is 2.82 bits per heavy atom. The first-order chi connectivity index (χ1) is 10.5. The second-order valence-corrected chi connectivity index (χ2v) is 7.11. The van der Waals surface area contributed by atoms with Crippen molar-refractivity contribution in [3.8, 4) is 11.5 Å². The van der Waals surface area contributed by atoms with E-state index in [2.05, 4.69) is 45.3 Å². The molecular formula is C15H18BrN3O2S. The maximum absolute atomic E-state index is 11.8. The van der Waals surface area contributed by atoms with Gasteiger partial charge in [0.05, 0.1) is 5.75 Å². The van der Waals surface area contributed by atoms with Crippen LogP contribution >= 0.6 is 27.7 Å². The van der Waals surface area contributed by atoms with Crippen LogP contribution in [0.1, 0.15) is 20.8 Å². The zero-order valence-corrected chi connectivity index (χ0v) is 15.1. The summed E-state index contributed by atoms with van der Waals surface area (Å²) in [5.74, 6) is 1.07. The molecule has 0 aliphatic heterocycles. The molecule has 0 bridgehead atoms. The van der Waals surface area contributed by atoms with Crippen LogP contribution in [-0.2, 0) is 4.79 Å². The van der Waals surface area contributed by atoms with Crippen LogP contribution in [0.15, 0.2) is 38.4 Å². The van der Waals surface area contributed by atoms with Crippen molar-refractivity contribution in [2.24, 2.45) is 5.92 Å². The van der Waals surface area contributed by atoms with Crippen molar-refractivity contribution in [2.75, 3.05) is 5.75 Å². The smallest absolute Gasteiger partial charge is 0.277 e. The monoisotopic (exact) mass is 383 g/mol. The first kappa shape index (κ1) is 17.0. The Morgan fingerprint density at radius 2 is 2.14 bits per heavy atom. The number of aromatic nitrogens is 2. The number of carbonyl (C=O) groups excluding carboxylic acids is 1. The Hall–Kier alpha value is -1.34. The number of carbonyl (C=O) groups is 1. The van der Waals surface area contributed by atoms with Crippen LogP contribution in [0.2, 0.25) is 0 Å². The average molecular weight is 384 g/mol. The molecule has 5 nitrogen and oxygen atoms in total. The van der Waals surface area contributed by atoms with Gasteiger partial charge in [-0.3, -0.25) is 4.79 Å². The van der Waals surface area contributed by atoms with Gasteiger partial charge in [0, 0.05) is 16.1 Å². The molecule has 1 heterocycles. The summed E-state index contributed by atoms with van der Waals surface area (Å²) in [5, 5.41) is 11.3. The molecule has 2 rings (SSSR count). The van der Waals surface area contributed by atoms with E-state index in [1.165, 1.54) is 11.8 Å². The lowest BCUT2D eigenvalue weighted by Gasteiger charge is -2.16. The summed E-state index contributed by atoms with van der Waals surface area (Å²) in [6.45, 7) is 6.13. The van der Waals surface area contributed by atoms with Crippen molar-refractivity contribution < 1.29 is 9.21 Å². The van der Waals surface area contributed by atoms with Gasteiger partial charge in [-0.15, -0.1) is 10.2 Å². The van der Waals surface area contributed by atoms with E-state index >= 15 is 0 Å². The Morgan fingerprint density at radius 1 is 1.36 bits per heavy atom. The minimum absolute atomic E-state index is 0.0339. The Balaban J connectivity index is 1.91. The van der Waals surface area contributed by atoms with Gasteiger partial charge in [-0.05, 0) is 31.0 Å². The molecule has 7 heteroatoms. The van der Waals surface area contributed by atoms with Gasteiger partial charge in [0.1, 0.15) is 0 Å². The quantitative estimate of drug-likeness (QED) is 0.769. The number of nitrogens with one attached hydrogen (secondary N) is 1. The highest BCUT2D eigenvalue weighted by Gasteiger charge is 2.14. The van der Waals surface area contributed by atoms with E-state index in [4.69, 9.17) is 4.42 Å². The molecule has 0 fully saturated rings. The molecule has 1 aromatic carbocycles. The molecule has 0 aliphatic carbocycles. The normalized spacial score (nSPS) is 12.4. The standard InChI is InChI=1S/C15H18BrN3O2S/c1-9(2)10(3)17-13(20)8-22-15-19-18-14(21-15)11-5-4-6-12(16)7-11/h4-7,9-10H,8H2,1-3H3,(H,17,20)/t10-/m1/s1. The third kappa shape index (κ3) is 4.84. The second-order valence-electron chi connectivity index (χ2n) is 5.27. The van der Waals surface area contributed by atoms with Crippen molar-refractivity contribution in [1.29, 1.82) is 0 Å². The van der Waals surface area contributed by atoms with E-state index in [0.717, 1.165) is 10.0 Å². The fraction of sp³-hybridized carbons (Fsp3) is 0.400. The van der Waals surface area contributed by atoms with Crippen molar-refractivity contribution in [3.63, 3.8) is 0 Å². The van der Waals surface area contributed by atoms with Crippen LogP contribution in [0.4, 0.5) is 0 Å². The molecule has 1 aromatic heterocycles. The lowest BCUT2D eigenvalue weighted by Crippen LogP contribution is -2.37. The fourth-order valence-electron chi connectivity index (χ4n) is 1.60. The molecule has 0 unspecified atom stereocenters. The number of thioether (sulfide) groups is 1. The zero-order valence-electron chi connectivity index (χ0n) is 12.7.